The Bertz CT molecular complexity index is 543. The van der Waals surface area contributed by atoms with Gasteiger partial charge in [0, 0.05) is 5.56 Å². The van der Waals surface area contributed by atoms with Crippen molar-refractivity contribution in [1.29, 1.82) is 0 Å². The summed E-state index contributed by atoms with van der Waals surface area (Å²) in [6.07, 6.45) is -0.530. The number of aryl methyl sites for hydroxylation is 1. The Labute approximate surface area is 111 Å². The van der Waals surface area contributed by atoms with Crippen LogP contribution in [0.3, 0.4) is 0 Å². The first-order valence-electron chi connectivity index (χ1n) is 5.66. The number of benzene rings is 1. The van der Waals surface area contributed by atoms with Crippen molar-refractivity contribution in [3.8, 4) is 5.75 Å². The number of carboxylic acid groups (broad SMARTS) is 2. The number of hydrogen-bond donors (Lipinski definition) is 2. The number of hydrogen-bond acceptors (Lipinski definition) is 3. The predicted octanol–water partition coefficient (Wildman–Crippen LogP) is 2.34. The van der Waals surface area contributed by atoms with Crippen molar-refractivity contribution in [2.24, 2.45) is 0 Å². The molecule has 0 spiro atoms. The molecule has 1 rings (SSSR count). The minimum Gasteiger partial charge on any atom is -0.496 e. The van der Waals surface area contributed by atoms with Crippen molar-refractivity contribution in [2.75, 3.05) is 7.11 Å². The maximum absolute atomic E-state index is 11.2. The summed E-state index contributed by atoms with van der Waals surface area (Å²) in [5, 5.41) is 17.9. The van der Waals surface area contributed by atoms with E-state index in [-0.39, 0.29) is 5.57 Å². The third-order valence-corrected chi connectivity index (χ3v) is 2.80. The van der Waals surface area contributed by atoms with Crippen LogP contribution in [0.15, 0.2) is 23.8 Å². The molecule has 0 saturated heterocycles. The van der Waals surface area contributed by atoms with Gasteiger partial charge in [0.15, 0.2) is 0 Å². The molecule has 0 radical (unpaired) electrons. The summed E-state index contributed by atoms with van der Waals surface area (Å²) in [7, 11) is 1.49. The van der Waals surface area contributed by atoms with Crippen molar-refractivity contribution in [3.05, 3.63) is 34.9 Å². The normalized spacial score (nSPS) is 11.7. The number of carbonyl (C=O) groups is 2. The molecule has 2 N–H and O–H groups in total. The third-order valence-electron chi connectivity index (χ3n) is 2.80. The standard InChI is InChI=1S/C14H16O5/c1-8-4-5-10(12(6-8)19-3)9(2)11(14(17)18)7-13(15)16/h4-6H,7H2,1-3H3,(H,15,16)(H,17,18). The SMILES string of the molecule is COc1cc(C)ccc1C(C)=C(CC(=O)O)C(=O)O. The number of ether oxygens (including phenoxy) is 1. The molecule has 0 aromatic heterocycles. The van der Waals surface area contributed by atoms with Gasteiger partial charge in [0.25, 0.3) is 0 Å². The van der Waals surface area contributed by atoms with E-state index in [1.54, 1.807) is 19.1 Å². The van der Waals surface area contributed by atoms with Crippen LogP contribution in [0.2, 0.25) is 0 Å². The van der Waals surface area contributed by atoms with Crippen molar-refractivity contribution in [3.63, 3.8) is 0 Å². The van der Waals surface area contributed by atoms with Crippen molar-refractivity contribution in [2.45, 2.75) is 20.3 Å². The second-order valence-electron chi connectivity index (χ2n) is 4.18. The van der Waals surface area contributed by atoms with E-state index in [1.165, 1.54) is 7.11 Å². The first-order chi connectivity index (χ1) is 8.86. The summed E-state index contributed by atoms with van der Waals surface area (Å²) in [5.74, 6) is -1.88. The van der Waals surface area contributed by atoms with Crippen molar-refractivity contribution < 1.29 is 24.5 Å². The van der Waals surface area contributed by atoms with E-state index in [0.29, 0.717) is 16.9 Å². The highest BCUT2D eigenvalue weighted by atomic mass is 16.5. The number of methoxy groups -OCH3 is 1. The molecule has 0 aliphatic heterocycles. The Morgan fingerprint density at radius 1 is 1.26 bits per heavy atom. The quantitative estimate of drug-likeness (QED) is 0.797. The molecule has 0 bridgehead atoms. The van der Waals surface area contributed by atoms with Crippen LogP contribution < -0.4 is 4.74 Å². The van der Waals surface area contributed by atoms with Crippen LogP contribution in [0.5, 0.6) is 5.75 Å². The number of carboxylic acids is 2. The molecule has 5 heteroatoms. The lowest BCUT2D eigenvalue weighted by Crippen LogP contribution is -2.09. The lowest BCUT2D eigenvalue weighted by Gasteiger charge is -2.12. The van der Waals surface area contributed by atoms with Gasteiger partial charge in [-0.2, -0.15) is 0 Å². The highest BCUT2D eigenvalue weighted by Crippen LogP contribution is 2.30. The minimum atomic E-state index is -1.23. The topological polar surface area (TPSA) is 83.8 Å². The minimum absolute atomic E-state index is 0.144. The Balaban J connectivity index is 3.39. The van der Waals surface area contributed by atoms with Gasteiger partial charge in [0.05, 0.1) is 19.1 Å². The van der Waals surface area contributed by atoms with E-state index in [1.807, 2.05) is 13.0 Å². The maximum Gasteiger partial charge on any atom is 0.332 e. The summed E-state index contributed by atoms with van der Waals surface area (Å²) in [6, 6.07) is 5.33. The van der Waals surface area contributed by atoms with Gasteiger partial charge >= 0.3 is 11.9 Å². The number of aliphatic carboxylic acids is 2. The van der Waals surface area contributed by atoms with Gasteiger partial charge < -0.3 is 14.9 Å². The second-order valence-corrected chi connectivity index (χ2v) is 4.18. The van der Waals surface area contributed by atoms with Gasteiger partial charge in [-0.25, -0.2) is 4.79 Å². The van der Waals surface area contributed by atoms with Gasteiger partial charge in [-0.15, -0.1) is 0 Å². The van der Waals surface area contributed by atoms with Crippen LogP contribution in [-0.4, -0.2) is 29.3 Å². The van der Waals surface area contributed by atoms with E-state index in [2.05, 4.69) is 0 Å². The van der Waals surface area contributed by atoms with E-state index in [0.717, 1.165) is 5.56 Å². The number of rotatable bonds is 5. The molecule has 5 nitrogen and oxygen atoms in total. The van der Waals surface area contributed by atoms with E-state index in [9.17, 15) is 9.59 Å². The molecular formula is C14H16O5. The molecule has 0 heterocycles. The van der Waals surface area contributed by atoms with E-state index in [4.69, 9.17) is 14.9 Å². The van der Waals surface area contributed by atoms with E-state index < -0.39 is 18.4 Å². The molecule has 0 aliphatic carbocycles. The zero-order valence-corrected chi connectivity index (χ0v) is 11.1. The molecule has 0 amide bonds. The van der Waals surface area contributed by atoms with Gasteiger partial charge in [0.1, 0.15) is 5.75 Å². The van der Waals surface area contributed by atoms with Crippen molar-refractivity contribution >= 4 is 17.5 Å². The molecule has 0 saturated carbocycles. The first kappa shape index (κ1) is 14.8. The Morgan fingerprint density at radius 2 is 1.89 bits per heavy atom. The van der Waals surface area contributed by atoms with E-state index >= 15 is 0 Å². The fourth-order valence-electron chi connectivity index (χ4n) is 1.79. The van der Waals surface area contributed by atoms with Gasteiger partial charge in [-0.3, -0.25) is 4.79 Å². The Kier molecular flexibility index (Phi) is 4.69. The Hall–Kier alpha value is -2.30. The molecule has 0 unspecified atom stereocenters. The average molecular weight is 264 g/mol. The van der Waals surface area contributed by atoms with Crippen LogP contribution in [0.4, 0.5) is 0 Å². The fourth-order valence-corrected chi connectivity index (χ4v) is 1.79. The van der Waals surface area contributed by atoms with Gasteiger partial charge in [-0.1, -0.05) is 12.1 Å². The molecule has 102 valence electrons. The monoisotopic (exact) mass is 264 g/mol. The van der Waals surface area contributed by atoms with Gasteiger partial charge in [-0.05, 0) is 31.1 Å². The summed E-state index contributed by atoms with van der Waals surface area (Å²) < 4.78 is 5.21. The largest absolute Gasteiger partial charge is 0.496 e. The smallest absolute Gasteiger partial charge is 0.332 e. The second kappa shape index (κ2) is 6.04. The summed E-state index contributed by atoms with van der Waals surface area (Å²) in [5.41, 5.74) is 1.82. The zero-order valence-electron chi connectivity index (χ0n) is 11.1. The highest BCUT2D eigenvalue weighted by Gasteiger charge is 2.18. The van der Waals surface area contributed by atoms with Crippen LogP contribution in [0.25, 0.3) is 5.57 Å². The van der Waals surface area contributed by atoms with Crippen LogP contribution >= 0.6 is 0 Å². The molecule has 19 heavy (non-hydrogen) atoms. The van der Waals surface area contributed by atoms with Crippen molar-refractivity contribution in [1.82, 2.24) is 0 Å². The molecule has 0 aliphatic rings. The fraction of sp³-hybridized carbons (Fsp3) is 0.286. The molecule has 1 aromatic rings. The Morgan fingerprint density at radius 3 is 2.37 bits per heavy atom. The maximum atomic E-state index is 11.2. The molecule has 0 atom stereocenters. The lowest BCUT2D eigenvalue weighted by molar-refractivity contribution is -0.139. The average Bonchev–Trinajstić information content (AvgIpc) is 2.34. The summed E-state index contributed by atoms with van der Waals surface area (Å²) >= 11 is 0. The number of allylic oxidation sites excluding steroid dienone is 1. The third kappa shape index (κ3) is 3.58. The predicted molar refractivity (Wildman–Crippen MR) is 70.2 cm³/mol. The highest BCUT2D eigenvalue weighted by molar-refractivity contribution is 6.00. The van der Waals surface area contributed by atoms with Crippen LogP contribution in [0, 0.1) is 6.92 Å². The summed E-state index contributed by atoms with van der Waals surface area (Å²) in [4.78, 5) is 21.9. The summed E-state index contributed by atoms with van der Waals surface area (Å²) in [6.45, 7) is 3.47. The molecular weight excluding hydrogens is 248 g/mol. The zero-order chi connectivity index (χ0) is 14.6. The van der Waals surface area contributed by atoms with Crippen LogP contribution in [-0.2, 0) is 9.59 Å². The lowest BCUT2D eigenvalue weighted by atomic mass is 9.97. The molecule has 0 fully saturated rings. The molecule has 1 aromatic carbocycles. The van der Waals surface area contributed by atoms with Crippen LogP contribution in [0.1, 0.15) is 24.5 Å². The first-order valence-corrected chi connectivity index (χ1v) is 5.66. The van der Waals surface area contributed by atoms with Gasteiger partial charge in [0.2, 0.25) is 0 Å².